The van der Waals surface area contributed by atoms with E-state index in [9.17, 15) is 20.0 Å². The molecule has 1 aliphatic heterocycles. The lowest BCUT2D eigenvalue weighted by atomic mass is 9.73. The molecule has 3 fully saturated rings. The van der Waals surface area contributed by atoms with Crippen LogP contribution in [0.1, 0.15) is 65.9 Å². The Bertz CT molecular complexity index is 1180. The molecule has 2 saturated carbocycles. The van der Waals surface area contributed by atoms with Gasteiger partial charge < -0.3 is 20.7 Å². The van der Waals surface area contributed by atoms with E-state index < -0.39 is 11.4 Å². The number of hydrogen-bond acceptors (Lipinski definition) is 5. The van der Waals surface area contributed by atoms with Gasteiger partial charge in [-0.05, 0) is 61.6 Å². The summed E-state index contributed by atoms with van der Waals surface area (Å²) in [5.41, 5.74) is 9.91. The molecule has 1 aromatic heterocycles. The Morgan fingerprint density at radius 3 is 2.90 bits per heavy atom. The average Bonchev–Trinajstić information content (AvgIpc) is 3.39. The molecule has 7 nitrogen and oxygen atoms in total. The van der Waals surface area contributed by atoms with Crippen molar-refractivity contribution in [3.05, 3.63) is 39.2 Å². The van der Waals surface area contributed by atoms with Crippen LogP contribution in [0.5, 0.6) is 0 Å². The first-order valence-corrected chi connectivity index (χ1v) is 11.2. The van der Waals surface area contributed by atoms with E-state index in [1.807, 2.05) is 13.0 Å². The third-order valence-corrected chi connectivity index (χ3v) is 7.97. The first-order valence-electron chi connectivity index (χ1n) is 11.2. The molecule has 0 bridgehead atoms. The van der Waals surface area contributed by atoms with Crippen LogP contribution >= 0.6 is 0 Å². The molecule has 2 aliphatic carbocycles. The second-order valence-electron chi connectivity index (χ2n) is 9.64. The summed E-state index contributed by atoms with van der Waals surface area (Å²) in [5, 5.41) is 19.1. The highest BCUT2D eigenvalue weighted by Gasteiger charge is 2.53. The summed E-state index contributed by atoms with van der Waals surface area (Å²) in [6.45, 7) is 3.78. The van der Waals surface area contributed by atoms with Gasteiger partial charge in [-0.2, -0.15) is 5.26 Å². The highest BCUT2D eigenvalue weighted by molar-refractivity contribution is 5.95. The predicted octanol–water partition coefficient (Wildman–Crippen LogP) is 3.26. The maximum absolute atomic E-state index is 12.9. The number of rotatable bonds is 5. The van der Waals surface area contributed by atoms with Crippen LogP contribution in [0.25, 0.3) is 10.9 Å². The average molecular weight is 421 g/mol. The van der Waals surface area contributed by atoms with Gasteiger partial charge in [-0.15, -0.1) is 0 Å². The molecule has 2 heterocycles. The van der Waals surface area contributed by atoms with Crippen molar-refractivity contribution in [3.63, 3.8) is 0 Å². The number of aromatic carboxylic acids is 1. The van der Waals surface area contributed by atoms with Crippen molar-refractivity contribution in [2.75, 3.05) is 18.0 Å². The van der Waals surface area contributed by atoms with Crippen LogP contribution in [-0.4, -0.2) is 35.2 Å². The normalized spacial score (nSPS) is 26.1. The number of aryl methyl sites for hydroxylation is 1. The van der Waals surface area contributed by atoms with Crippen LogP contribution in [0.2, 0.25) is 0 Å². The maximum Gasteiger partial charge on any atom is 0.341 e. The van der Waals surface area contributed by atoms with Crippen LogP contribution in [-0.2, 0) is 0 Å². The summed E-state index contributed by atoms with van der Waals surface area (Å²) in [7, 11) is 0. The Morgan fingerprint density at radius 2 is 2.23 bits per heavy atom. The summed E-state index contributed by atoms with van der Waals surface area (Å²) in [4.78, 5) is 29.8. The van der Waals surface area contributed by atoms with Gasteiger partial charge in [0.05, 0.1) is 18.0 Å². The summed E-state index contributed by atoms with van der Waals surface area (Å²) < 4.78 is 0. The minimum atomic E-state index is -1.21. The molecule has 5 rings (SSSR count). The number of benzene rings is 1. The number of pyridine rings is 1. The van der Waals surface area contributed by atoms with Crippen molar-refractivity contribution in [2.45, 2.75) is 57.4 Å². The molecule has 0 amide bonds. The Morgan fingerprint density at radius 1 is 1.45 bits per heavy atom. The Labute approximate surface area is 180 Å². The van der Waals surface area contributed by atoms with E-state index in [0.29, 0.717) is 29.2 Å². The highest BCUT2D eigenvalue weighted by atomic mass is 16.4. The number of carboxylic acid groups (broad SMARTS) is 1. The van der Waals surface area contributed by atoms with Gasteiger partial charge in [0.15, 0.2) is 0 Å². The van der Waals surface area contributed by atoms with Gasteiger partial charge in [0.1, 0.15) is 5.56 Å². The third-order valence-electron chi connectivity index (χ3n) is 7.97. The molecular formula is C24H28N4O3. The van der Waals surface area contributed by atoms with E-state index in [0.717, 1.165) is 56.3 Å². The largest absolute Gasteiger partial charge is 0.477 e. The molecule has 4 N–H and O–H groups in total. The second-order valence-corrected chi connectivity index (χ2v) is 9.64. The topological polar surface area (TPSA) is 123 Å². The van der Waals surface area contributed by atoms with Crippen LogP contribution in [0.3, 0.4) is 0 Å². The van der Waals surface area contributed by atoms with E-state index in [-0.39, 0.29) is 17.0 Å². The van der Waals surface area contributed by atoms with E-state index in [1.54, 1.807) is 0 Å². The first-order chi connectivity index (χ1) is 14.9. The van der Waals surface area contributed by atoms with Crippen LogP contribution < -0.4 is 16.1 Å². The van der Waals surface area contributed by atoms with E-state index >= 15 is 0 Å². The van der Waals surface area contributed by atoms with E-state index in [4.69, 9.17) is 5.73 Å². The number of H-pyrrole nitrogens is 1. The second kappa shape index (κ2) is 7.10. The Hall–Kier alpha value is -2.85. The molecule has 1 aromatic carbocycles. The monoisotopic (exact) mass is 420 g/mol. The fourth-order valence-electron chi connectivity index (χ4n) is 6.25. The number of fused-ring (bicyclic) bond motifs is 2. The predicted molar refractivity (Wildman–Crippen MR) is 118 cm³/mol. The molecule has 162 valence electrons. The summed E-state index contributed by atoms with van der Waals surface area (Å²) >= 11 is 0. The number of nitrogens with one attached hydrogen (secondary N) is 1. The van der Waals surface area contributed by atoms with Gasteiger partial charge >= 0.3 is 5.97 Å². The molecule has 0 spiro atoms. The number of carboxylic acids is 1. The number of anilines is 1. The number of hydrogen-bond donors (Lipinski definition) is 3. The lowest BCUT2D eigenvalue weighted by Gasteiger charge is -2.35. The Balaban J connectivity index is 1.64. The van der Waals surface area contributed by atoms with Gasteiger partial charge in [-0.3, -0.25) is 4.79 Å². The summed E-state index contributed by atoms with van der Waals surface area (Å²) in [5.74, 6) is -0.319. The lowest BCUT2D eigenvalue weighted by Crippen LogP contribution is -2.45. The van der Waals surface area contributed by atoms with Crippen molar-refractivity contribution in [2.24, 2.45) is 17.1 Å². The molecule has 3 aliphatic rings. The number of carbonyl (C=O) groups is 1. The highest BCUT2D eigenvalue weighted by Crippen LogP contribution is 2.54. The molecule has 0 radical (unpaired) electrons. The van der Waals surface area contributed by atoms with Crippen molar-refractivity contribution in [3.8, 4) is 6.07 Å². The lowest BCUT2D eigenvalue weighted by molar-refractivity contribution is 0.0695. The Kier molecular flexibility index (Phi) is 4.60. The maximum atomic E-state index is 12.9. The minimum Gasteiger partial charge on any atom is -0.477 e. The van der Waals surface area contributed by atoms with Gasteiger partial charge in [-0.25, -0.2) is 4.79 Å². The molecule has 3 atom stereocenters. The van der Waals surface area contributed by atoms with Crippen molar-refractivity contribution in [1.29, 1.82) is 5.26 Å². The molecule has 7 heteroatoms. The zero-order chi connectivity index (χ0) is 21.9. The number of nitrogens with zero attached hydrogens (tertiary/aromatic N) is 2. The summed E-state index contributed by atoms with van der Waals surface area (Å²) in [6.07, 6.45) is 7.22. The quantitative estimate of drug-likeness (QED) is 0.682. The SMILES string of the molecule is Cc1c(N2CC3CCCC3(C(N)CC#N)C2)c(C2CC2)cc2c(=O)c(C(=O)O)c[nH]c12. The molecule has 2 aromatic rings. The number of nitriles is 1. The third kappa shape index (κ3) is 2.96. The fraction of sp³-hybridized carbons (Fsp3) is 0.542. The van der Waals surface area contributed by atoms with Gasteiger partial charge in [0, 0.05) is 41.8 Å². The van der Waals surface area contributed by atoms with Gasteiger partial charge in [-0.1, -0.05) is 6.42 Å². The van der Waals surface area contributed by atoms with Gasteiger partial charge in [0.25, 0.3) is 0 Å². The van der Waals surface area contributed by atoms with Crippen LogP contribution in [0.15, 0.2) is 17.1 Å². The number of aromatic amines is 1. The summed E-state index contributed by atoms with van der Waals surface area (Å²) in [6, 6.07) is 4.07. The van der Waals surface area contributed by atoms with Crippen molar-refractivity contribution >= 4 is 22.6 Å². The standard InChI is InChI=1S/C24H28N4O3/c1-13-20-17(22(29)18(10-27-20)23(30)31)9-16(14-4-5-14)21(13)28-11-15-3-2-7-24(15,12-28)19(26)6-8-25/h9-10,14-15,19H,2-7,11-12,26H2,1H3,(H,27,29)(H,30,31). The van der Waals surface area contributed by atoms with Gasteiger partial charge in [0.2, 0.25) is 5.43 Å². The number of aromatic nitrogens is 1. The molecule has 3 unspecified atom stereocenters. The molecule has 31 heavy (non-hydrogen) atoms. The van der Waals surface area contributed by atoms with Crippen molar-refractivity contribution in [1.82, 2.24) is 4.98 Å². The van der Waals surface area contributed by atoms with Crippen LogP contribution in [0, 0.1) is 29.6 Å². The van der Waals surface area contributed by atoms with Crippen LogP contribution in [0.4, 0.5) is 5.69 Å². The first kappa shape index (κ1) is 20.1. The minimum absolute atomic E-state index is 0.0292. The molecule has 1 saturated heterocycles. The van der Waals surface area contributed by atoms with E-state index in [2.05, 4.69) is 16.0 Å². The molecular weight excluding hydrogens is 392 g/mol. The number of nitrogens with two attached hydrogens (primary N) is 1. The van der Waals surface area contributed by atoms with E-state index in [1.165, 1.54) is 11.9 Å². The zero-order valence-corrected chi connectivity index (χ0v) is 17.8. The zero-order valence-electron chi connectivity index (χ0n) is 17.8. The smallest absolute Gasteiger partial charge is 0.341 e. The fourth-order valence-corrected chi connectivity index (χ4v) is 6.25. The van der Waals surface area contributed by atoms with Crippen molar-refractivity contribution < 1.29 is 9.90 Å².